The van der Waals surface area contributed by atoms with Gasteiger partial charge in [0.15, 0.2) is 0 Å². The quantitative estimate of drug-likeness (QED) is 0.612. The van der Waals surface area contributed by atoms with Crippen LogP contribution in [-0.4, -0.2) is 6.61 Å². The molecule has 0 aliphatic carbocycles. The Balaban J connectivity index is 1.95. The maximum absolute atomic E-state index is 13.8. The topological polar surface area (TPSA) is 9.23 Å². The van der Waals surface area contributed by atoms with Crippen LogP contribution in [0.15, 0.2) is 34.8 Å². The largest absolute Gasteiger partial charge is 0.493 e. The van der Waals surface area contributed by atoms with Crippen LogP contribution in [-0.2, 0) is 12.8 Å². The number of hydrogen-bond donors (Lipinski definition) is 0. The second kappa shape index (κ2) is 6.05. The molecule has 110 valence electrons. The van der Waals surface area contributed by atoms with Crippen LogP contribution in [0.25, 0.3) is 0 Å². The van der Waals surface area contributed by atoms with Crippen molar-refractivity contribution in [2.24, 2.45) is 0 Å². The highest BCUT2D eigenvalue weighted by Gasteiger charge is 2.23. The second-order valence-electron chi connectivity index (χ2n) is 4.95. The van der Waals surface area contributed by atoms with Gasteiger partial charge in [-0.15, -0.1) is 0 Å². The molecule has 0 aromatic heterocycles. The highest BCUT2D eigenvalue weighted by atomic mass is 79.9. The van der Waals surface area contributed by atoms with Crippen LogP contribution in [0.4, 0.5) is 8.78 Å². The molecule has 1 aliphatic heterocycles. The van der Waals surface area contributed by atoms with E-state index >= 15 is 0 Å². The third-order valence-corrected chi connectivity index (χ3v) is 4.83. The molecule has 0 radical (unpaired) electrons. The molecular weight excluding hydrogens is 406 g/mol. The lowest BCUT2D eigenvalue weighted by Gasteiger charge is -2.15. The molecule has 1 heterocycles. The van der Waals surface area contributed by atoms with Crippen LogP contribution < -0.4 is 4.74 Å². The first-order chi connectivity index (χ1) is 10.1. The minimum absolute atomic E-state index is 0.0890. The van der Waals surface area contributed by atoms with Gasteiger partial charge in [-0.2, -0.15) is 0 Å². The van der Waals surface area contributed by atoms with E-state index in [1.807, 2.05) is 12.1 Å². The van der Waals surface area contributed by atoms with Gasteiger partial charge in [0.05, 0.1) is 6.61 Å². The van der Waals surface area contributed by atoms with Crippen LogP contribution >= 0.6 is 31.9 Å². The minimum atomic E-state index is -0.521. The van der Waals surface area contributed by atoms with E-state index in [1.165, 1.54) is 18.2 Å². The van der Waals surface area contributed by atoms with Gasteiger partial charge in [-0.1, -0.05) is 37.9 Å². The Bertz CT molecular complexity index is 668. The van der Waals surface area contributed by atoms with Crippen molar-refractivity contribution in [3.63, 3.8) is 0 Å². The summed E-state index contributed by atoms with van der Waals surface area (Å²) < 4.78 is 34.2. The molecule has 1 unspecified atom stereocenters. The molecule has 0 N–H and O–H groups in total. The van der Waals surface area contributed by atoms with Crippen molar-refractivity contribution in [3.05, 3.63) is 63.1 Å². The fraction of sp³-hybridized carbons (Fsp3) is 0.250. The van der Waals surface area contributed by atoms with Gasteiger partial charge in [-0.05, 0) is 36.2 Å². The highest BCUT2D eigenvalue weighted by Crippen LogP contribution is 2.41. The fourth-order valence-corrected chi connectivity index (χ4v) is 3.73. The predicted molar refractivity (Wildman–Crippen MR) is 85.1 cm³/mol. The molecule has 0 amide bonds. The SMILES string of the molecule is Fc1cccc(F)c1CC(Br)c1cc(Br)cc2c1OCC2. The van der Waals surface area contributed by atoms with Gasteiger partial charge in [-0.25, -0.2) is 8.78 Å². The summed E-state index contributed by atoms with van der Waals surface area (Å²) in [7, 11) is 0. The summed E-state index contributed by atoms with van der Waals surface area (Å²) in [6.45, 7) is 0.645. The average molecular weight is 418 g/mol. The number of ether oxygens (including phenoxy) is 1. The van der Waals surface area contributed by atoms with E-state index in [-0.39, 0.29) is 16.8 Å². The van der Waals surface area contributed by atoms with E-state index in [0.717, 1.165) is 27.8 Å². The Morgan fingerprint density at radius 1 is 1.19 bits per heavy atom. The van der Waals surface area contributed by atoms with Crippen LogP contribution in [0.2, 0.25) is 0 Å². The molecule has 21 heavy (non-hydrogen) atoms. The lowest BCUT2D eigenvalue weighted by atomic mass is 10.0. The molecule has 0 saturated carbocycles. The van der Waals surface area contributed by atoms with E-state index in [0.29, 0.717) is 6.61 Å². The fourth-order valence-electron chi connectivity index (χ4n) is 2.55. The first-order valence-electron chi connectivity index (χ1n) is 6.58. The standard InChI is InChI=1S/C16H12Br2F2O/c17-10-6-9-4-5-21-16(9)11(7-10)13(18)8-12-14(19)2-1-3-15(12)20/h1-3,6-7,13H,4-5,8H2. The Labute approximate surface area is 138 Å². The first kappa shape index (κ1) is 15.0. The summed E-state index contributed by atoms with van der Waals surface area (Å²) in [6, 6.07) is 7.88. The molecule has 2 aromatic rings. The molecule has 0 saturated heterocycles. The molecule has 1 aliphatic rings. The van der Waals surface area contributed by atoms with Crippen molar-refractivity contribution in [2.45, 2.75) is 17.7 Å². The van der Waals surface area contributed by atoms with Gasteiger partial charge in [0.25, 0.3) is 0 Å². The monoisotopic (exact) mass is 416 g/mol. The van der Waals surface area contributed by atoms with Crippen molar-refractivity contribution >= 4 is 31.9 Å². The van der Waals surface area contributed by atoms with Crippen molar-refractivity contribution in [2.75, 3.05) is 6.61 Å². The van der Waals surface area contributed by atoms with E-state index in [2.05, 4.69) is 31.9 Å². The van der Waals surface area contributed by atoms with Crippen LogP contribution in [0.5, 0.6) is 5.75 Å². The van der Waals surface area contributed by atoms with Gasteiger partial charge in [0, 0.05) is 26.8 Å². The summed E-state index contributed by atoms with van der Waals surface area (Å²) >= 11 is 7.02. The summed E-state index contributed by atoms with van der Waals surface area (Å²) in [5.41, 5.74) is 2.13. The van der Waals surface area contributed by atoms with Crippen LogP contribution in [0.3, 0.4) is 0 Å². The third-order valence-electron chi connectivity index (χ3n) is 3.56. The van der Waals surface area contributed by atoms with Gasteiger partial charge >= 0.3 is 0 Å². The zero-order valence-electron chi connectivity index (χ0n) is 11.0. The predicted octanol–water partition coefficient (Wildman–Crippen LogP) is 5.34. The van der Waals surface area contributed by atoms with Crippen LogP contribution in [0.1, 0.15) is 21.5 Å². The molecule has 3 rings (SSSR count). The van der Waals surface area contributed by atoms with E-state index in [9.17, 15) is 8.78 Å². The third kappa shape index (κ3) is 2.99. The zero-order chi connectivity index (χ0) is 15.0. The lowest BCUT2D eigenvalue weighted by Crippen LogP contribution is -2.03. The van der Waals surface area contributed by atoms with Gasteiger partial charge < -0.3 is 4.74 Å². The van der Waals surface area contributed by atoms with Crippen molar-refractivity contribution < 1.29 is 13.5 Å². The lowest BCUT2D eigenvalue weighted by molar-refractivity contribution is 0.353. The number of alkyl halides is 1. The maximum Gasteiger partial charge on any atom is 0.129 e. The van der Waals surface area contributed by atoms with E-state index in [4.69, 9.17) is 4.74 Å². The van der Waals surface area contributed by atoms with Gasteiger partial charge in [-0.3, -0.25) is 0 Å². The number of halogens is 4. The normalized spacial score (nSPS) is 14.7. The molecule has 0 bridgehead atoms. The van der Waals surface area contributed by atoms with Crippen molar-refractivity contribution in [1.82, 2.24) is 0 Å². The number of fused-ring (bicyclic) bond motifs is 1. The summed E-state index contributed by atoms with van der Waals surface area (Å²) in [5, 5.41) is 0. The summed E-state index contributed by atoms with van der Waals surface area (Å²) in [4.78, 5) is -0.215. The summed E-state index contributed by atoms with van der Waals surface area (Å²) in [5.74, 6) is -0.212. The van der Waals surface area contributed by atoms with E-state index < -0.39 is 11.6 Å². The summed E-state index contributed by atoms with van der Waals surface area (Å²) in [6.07, 6.45) is 1.08. The van der Waals surface area contributed by atoms with Crippen LogP contribution in [0, 0.1) is 11.6 Å². The molecule has 2 aromatic carbocycles. The zero-order valence-corrected chi connectivity index (χ0v) is 14.2. The Morgan fingerprint density at radius 3 is 2.62 bits per heavy atom. The average Bonchev–Trinajstić information content (AvgIpc) is 2.90. The minimum Gasteiger partial charge on any atom is -0.493 e. The van der Waals surface area contributed by atoms with Crippen molar-refractivity contribution in [1.29, 1.82) is 0 Å². The first-order valence-corrected chi connectivity index (χ1v) is 8.29. The number of rotatable bonds is 3. The van der Waals surface area contributed by atoms with Gasteiger partial charge in [0.2, 0.25) is 0 Å². The number of hydrogen-bond acceptors (Lipinski definition) is 1. The van der Waals surface area contributed by atoms with Crippen molar-refractivity contribution in [3.8, 4) is 5.75 Å². The molecular formula is C16H12Br2F2O. The highest BCUT2D eigenvalue weighted by molar-refractivity contribution is 9.10. The Hall–Kier alpha value is -0.940. The molecule has 1 atom stereocenters. The Kier molecular flexibility index (Phi) is 4.31. The Morgan fingerprint density at radius 2 is 1.90 bits per heavy atom. The second-order valence-corrected chi connectivity index (χ2v) is 6.97. The van der Waals surface area contributed by atoms with E-state index in [1.54, 1.807) is 0 Å². The molecule has 0 fully saturated rings. The molecule has 1 nitrogen and oxygen atoms in total. The van der Waals surface area contributed by atoms with Gasteiger partial charge in [0.1, 0.15) is 17.4 Å². The smallest absolute Gasteiger partial charge is 0.129 e. The number of benzene rings is 2. The molecule has 5 heteroatoms. The molecule has 0 spiro atoms. The maximum atomic E-state index is 13.8.